The first-order chi connectivity index (χ1) is 9.83. The van der Waals surface area contributed by atoms with Crippen molar-refractivity contribution in [2.24, 2.45) is 0 Å². The van der Waals surface area contributed by atoms with E-state index in [1.165, 1.54) is 5.56 Å². The van der Waals surface area contributed by atoms with E-state index in [-0.39, 0.29) is 0 Å². The molecular weight excluding hydrogens is 254 g/mol. The zero-order chi connectivity index (χ0) is 14.2. The second-order valence-electron chi connectivity index (χ2n) is 4.60. The number of benzene rings is 1. The lowest BCUT2D eigenvalue weighted by Gasteiger charge is -2.08. The Labute approximate surface area is 119 Å². The van der Waals surface area contributed by atoms with Crippen molar-refractivity contribution in [3.05, 3.63) is 48.0 Å². The maximum absolute atomic E-state index is 5.25. The maximum atomic E-state index is 5.25. The minimum absolute atomic E-state index is 0.761. The molecule has 5 nitrogen and oxygen atoms in total. The number of hydrogen-bond donors (Lipinski definition) is 1. The lowest BCUT2D eigenvalue weighted by Crippen LogP contribution is -2.83. The van der Waals surface area contributed by atoms with Gasteiger partial charge in [-0.05, 0) is 17.7 Å². The Morgan fingerprint density at radius 1 is 1.30 bits per heavy atom. The zero-order valence-electron chi connectivity index (χ0n) is 12.1. The van der Waals surface area contributed by atoms with E-state index in [0.29, 0.717) is 0 Å². The molecule has 0 fully saturated rings. The summed E-state index contributed by atoms with van der Waals surface area (Å²) < 4.78 is 12.5. The third kappa shape index (κ3) is 4.08. The molecule has 1 aromatic heterocycles. The van der Waals surface area contributed by atoms with Gasteiger partial charge in [0.15, 0.2) is 5.82 Å². The molecule has 0 spiro atoms. The van der Waals surface area contributed by atoms with Crippen molar-refractivity contribution < 1.29 is 14.8 Å². The molecule has 0 radical (unpaired) electrons. The maximum Gasteiger partial charge on any atom is 0.164 e. The van der Waals surface area contributed by atoms with Crippen LogP contribution in [0, 0.1) is 0 Å². The first-order valence-electron chi connectivity index (χ1n) is 6.77. The molecule has 0 saturated carbocycles. The van der Waals surface area contributed by atoms with Gasteiger partial charge < -0.3 is 19.4 Å². The average molecular weight is 276 g/mol. The first-order valence-corrected chi connectivity index (χ1v) is 6.77. The second kappa shape index (κ2) is 7.67. The van der Waals surface area contributed by atoms with Crippen LogP contribution in [0.1, 0.15) is 11.4 Å². The molecule has 0 saturated heterocycles. The van der Waals surface area contributed by atoms with Crippen LogP contribution in [0.25, 0.3) is 0 Å². The minimum atomic E-state index is 0.761. The molecule has 2 aromatic rings. The van der Waals surface area contributed by atoms with Crippen LogP contribution >= 0.6 is 0 Å². The van der Waals surface area contributed by atoms with Gasteiger partial charge in [-0.25, -0.2) is 4.98 Å². The Morgan fingerprint density at radius 2 is 2.20 bits per heavy atom. The summed E-state index contributed by atoms with van der Waals surface area (Å²) in [6.45, 7) is 3.38. The van der Waals surface area contributed by atoms with E-state index in [9.17, 15) is 0 Å². The molecule has 2 N–H and O–H groups in total. The summed E-state index contributed by atoms with van der Waals surface area (Å²) in [6, 6.07) is 8.12. The van der Waals surface area contributed by atoms with Gasteiger partial charge in [0.2, 0.25) is 0 Å². The summed E-state index contributed by atoms with van der Waals surface area (Å²) in [6.07, 6.45) is 3.86. The van der Waals surface area contributed by atoms with Gasteiger partial charge in [0.05, 0.1) is 20.3 Å². The van der Waals surface area contributed by atoms with E-state index >= 15 is 0 Å². The molecule has 2 rings (SSSR count). The summed E-state index contributed by atoms with van der Waals surface area (Å²) in [4.78, 5) is 4.41. The molecule has 0 bridgehead atoms. The van der Waals surface area contributed by atoms with Crippen LogP contribution in [0.4, 0.5) is 0 Å². The summed E-state index contributed by atoms with van der Waals surface area (Å²) in [5.41, 5.74) is 1.21. The zero-order valence-corrected chi connectivity index (χ0v) is 12.1. The summed E-state index contributed by atoms with van der Waals surface area (Å²) in [7, 11) is 3.41. The Bertz CT molecular complexity index is 525. The van der Waals surface area contributed by atoms with Gasteiger partial charge in [0.25, 0.3) is 0 Å². The number of rotatable bonds is 8. The lowest BCUT2D eigenvalue weighted by atomic mass is 10.2. The predicted octanol–water partition coefficient (Wildman–Crippen LogP) is 0.650. The Kier molecular flexibility index (Phi) is 5.58. The van der Waals surface area contributed by atoms with Crippen LogP contribution in [-0.2, 0) is 17.8 Å². The number of imidazole rings is 1. The van der Waals surface area contributed by atoms with Crippen LogP contribution in [0.3, 0.4) is 0 Å². The summed E-state index contributed by atoms with van der Waals surface area (Å²) in [5, 5.41) is 2.20. The van der Waals surface area contributed by atoms with Crippen molar-refractivity contribution in [2.75, 3.05) is 27.4 Å². The monoisotopic (exact) mass is 276 g/mol. The van der Waals surface area contributed by atoms with Gasteiger partial charge in [-0.2, -0.15) is 0 Å². The van der Waals surface area contributed by atoms with Crippen LogP contribution < -0.4 is 10.1 Å². The van der Waals surface area contributed by atoms with E-state index in [2.05, 4.69) is 27.0 Å². The van der Waals surface area contributed by atoms with Crippen molar-refractivity contribution in [1.29, 1.82) is 0 Å². The highest BCUT2D eigenvalue weighted by Gasteiger charge is 2.05. The smallest absolute Gasteiger partial charge is 0.164 e. The van der Waals surface area contributed by atoms with E-state index in [0.717, 1.165) is 37.8 Å². The third-order valence-corrected chi connectivity index (χ3v) is 3.14. The van der Waals surface area contributed by atoms with Gasteiger partial charge in [-0.3, -0.25) is 0 Å². The normalized spacial score (nSPS) is 10.7. The van der Waals surface area contributed by atoms with Crippen molar-refractivity contribution in [2.45, 2.75) is 13.1 Å². The molecule has 5 heteroatoms. The molecule has 108 valence electrons. The fraction of sp³-hybridized carbons (Fsp3) is 0.400. The van der Waals surface area contributed by atoms with Crippen molar-refractivity contribution >= 4 is 0 Å². The highest BCUT2D eigenvalue weighted by Crippen LogP contribution is 2.14. The quantitative estimate of drug-likeness (QED) is 0.720. The number of nitrogens with zero attached hydrogens (tertiary/aromatic N) is 2. The average Bonchev–Trinajstić information content (AvgIpc) is 2.91. The molecule has 1 heterocycles. The number of quaternary nitrogens is 1. The Balaban J connectivity index is 1.97. The topological polar surface area (TPSA) is 52.9 Å². The van der Waals surface area contributed by atoms with Gasteiger partial charge in [-0.15, -0.1) is 0 Å². The molecule has 0 aliphatic heterocycles. The SMILES string of the molecule is COCC[NH2+]Cc1nccn1Cc1cccc(OC)c1. The van der Waals surface area contributed by atoms with E-state index in [1.807, 2.05) is 24.5 Å². The van der Waals surface area contributed by atoms with Crippen LogP contribution in [0.2, 0.25) is 0 Å². The van der Waals surface area contributed by atoms with E-state index < -0.39 is 0 Å². The number of hydrogen-bond acceptors (Lipinski definition) is 3. The van der Waals surface area contributed by atoms with E-state index in [4.69, 9.17) is 9.47 Å². The Hall–Kier alpha value is -1.85. The van der Waals surface area contributed by atoms with Crippen molar-refractivity contribution in [1.82, 2.24) is 9.55 Å². The van der Waals surface area contributed by atoms with Crippen molar-refractivity contribution in [3.8, 4) is 5.75 Å². The minimum Gasteiger partial charge on any atom is -0.497 e. The molecular formula is C15H22N3O2+. The first kappa shape index (κ1) is 14.6. The highest BCUT2D eigenvalue weighted by molar-refractivity contribution is 5.28. The number of nitrogens with two attached hydrogens (primary N) is 1. The van der Waals surface area contributed by atoms with Gasteiger partial charge in [-0.1, -0.05) is 12.1 Å². The summed E-state index contributed by atoms with van der Waals surface area (Å²) >= 11 is 0. The van der Waals surface area contributed by atoms with Crippen LogP contribution in [0.5, 0.6) is 5.75 Å². The highest BCUT2D eigenvalue weighted by atomic mass is 16.5. The molecule has 0 aliphatic carbocycles. The van der Waals surface area contributed by atoms with Crippen molar-refractivity contribution in [3.63, 3.8) is 0 Å². The van der Waals surface area contributed by atoms with Crippen LogP contribution in [-0.4, -0.2) is 36.9 Å². The molecule has 0 unspecified atom stereocenters. The molecule has 1 aromatic carbocycles. The Morgan fingerprint density at radius 3 is 3.00 bits per heavy atom. The standard InChI is InChI=1S/C15H21N3O2/c1-19-9-7-16-11-15-17-6-8-18(15)12-13-4-3-5-14(10-13)20-2/h3-6,8,10,16H,7,9,11-12H2,1-2H3/p+1. The third-order valence-electron chi connectivity index (χ3n) is 3.14. The van der Waals surface area contributed by atoms with Crippen LogP contribution in [0.15, 0.2) is 36.7 Å². The van der Waals surface area contributed by atoms with Gasteiger partial charge in [0, 0.05) is 26.0 Å². The number of methoxy groups -OCH3 is 2. The fourth-order valence-corrected chi connectivity index (χ4v) is 2.07. The van der Waals surface area contributed by atoms with E-state index in [1.54, 1.807) is 14.2 Å². The molecule has 0 amide bonds. The van der Waals surface area contributed by atoms with Gasteiger partial charge in [0.1, 0.15) is 12.3 Å². The summed E-state index contributed by atoms with van der Waals surface area (Å²) in [5.74, 6) is 1.96. The number of aromatic nitrogens is 2. The lowest BCUT2D eigenvalue weighted by molar-refractivity contribution is -0.673. The number of ether oxygens (including phenoxy) is 2. The predicted molar refractivity (Wildman–Crippen MR) is 76.7 cm³/mol. The largest absolute Gasteiger partial charge is 0.497 e. The van der Waals surface area contributed by atoms with Gasteiger partial charge >= 0.3 is 0 Å². The molecule has 0 aliphatic rings. The molecule has 20 heavy (non-hydrogen) atoms. The fourth-order valence-electron chi connectivity index (χ4n) is 2.07. The second-order valence-corrected chi connectivity index (χ2v) is 4.60. The molecule has 0 atom stereocenters.